The molecule has 1 unspecified atom stereocenters. The molecule has 1 heterocycles. The van der Waals surface area contributed by atoms with E-state index in [-0.39, 0.29) is 0 Å². The van der Waals surface area contributed by atoms with Gasteiger partial charge in [-0.05, 0) is 19.3 Å². The first-order chi connectivity index (χ1) is 5.77. The Morgan fingerprint density at radius 3 is 3.00 bits per heavy atom. The van der Waals surface area contributed by atoms with Crippen molar-refractivity contribution in [1.29, 1.82) is 0 Å². The van der Waals surface area contributed by atoms with Gasteiger partial charge in [0.2, 0.25) is 0 Å². The molecule has 0 aromatic carbocycles. The molecule has 0 aromatic rings. The van der Waals surface area contributed by atoms with E-state index in [0.29, 0.717) is 13.2 Å². The average Bonchev–Trinajstić information content (AvgIpc) is 2.06. The van der Waals surface area contributed by atoms with Gasteiger partial charge in [-0.15, -0.1) is 0 Å². The summed E-state index contributed by atoms with van der Waals surface area (Å²) >= 11 is 0. The Morgan fingerprint density at radius 2 is 2.42 bits per heavy atom. The van der Waals surface area contributed by atoms with Crippen LogP contribution >= 0.6 is 0 Å². The fourth-order valence-electron chi connectivity index (χ4n) is 1.36. The van der Waals surface area contributed by atoms with Gasteiger partial charge in [0.15, 0.2) is 0 Å². The molecule has 0 radical (unpaired) electrons. The van der Waals surface area contributed by atoms with Crippen LogP contribution in [-0.4, -0.2) is 37.1 Å². The van der Waals surface area contributed by atoms with Gasteiger partial charge in [0.25, 0.3) is 0 Å². The fraction of sp³-hybridized carbons (Fsp3) is 1.00. The van der Waals surface area contributed by atoms with Gasteiger partial charge in [-0.2, -0.15) is 0 Å². The molecule has 0 aliphatic carbocycles. The quantitative estimate of drug-likeness (QED) is 0.645. The summed E-state index contributed by atoms with van der Waals surface area (Å²) in [7, 11) is 0. The van der Waals surface area contributed by atoms with Gasteiger partial charge in [0.1, 0.15) is 5.60 Å². The van der Waals surface area contributed by atoms with Crippen LogP contribution in [0.4, 0.5) is 0 Å². The van der Waals surface area contributed by atoms with Crippen LogP contribution < -0.4 is 0 Å². The molecule has 3 heteroatoms. The summed E-state index contributed by atoms with van der Waals surface area (Å²) < 4.78 is 10.5. The molecule has 12 heavy (non-hydrogen) atoms. The highest BCUT2D eigenvalue weighted by Gasteiger charge is 2.29. The Kier molecular flexibility index (Phi) is 3.98. The van der Waals surface area contributed by atoms with E-state index in [4.69, 9.17) is 9.47 Å². The molecule has 1 aliphatic heterocycles. The summed E-state index contributed by atoms with van der Waals surface area (Å²) in [5.41, 5.74) is -0.715. The van der Waals surface area contributed by atoms with Crippen molar-refractivity contribution in [2.75, 3.05) is 26.4 Å². The largest absolute Gasteiger partial charge is 0.385 e. The molecule has 0 amide bonds. The zero-order valence-electron chi connectivity index (χ0n) is 7.71. The minimum Gasteiger partial charge on any atom is -0.385 e. The van der Waals surface area contributed by atoms with Crippen LogP contribution in [0.15, 0.2) is 0 Å². The SMILES string of the molecule is CCCOCC1(O)CCCOC1. The number of aliphatic hydroxyl groups is 1. The van der Waals surface area contributed by atoms with Crippen LogP contribution in [0, 0.1) is 0 Å². The molecule has 1 atom stereocenters. The van der Waals surface area contributed by atoms with Crippen molar-refractivity contribution in [2.24, 2.45) is 0 Å². The molecule has 0 spiro atoms. The van der Waals surface area contributed by atoms with Gasteiger partial charge in [0, 0.05) is 13.2 Å². The Balaban J connectivity index is 2.17. The Morgan fingerprint density at radius 1 is 1.58 bits per heavy atom. The summed E-state index contributed by atoms with van der Waals surface area (Å²) in [6.07, 6.45) is 2.74. The topological polar surface area (TPSA) is 38.7 Å². The molecule has 0 saturated carbocycles. The third-order valence-electron chi connectivity index (χ3n) is 2.02. The Labute approximate surface area is 73.7 Å². The fourth-order valence-corrected chi connectivity index (χ4v) is 1.36. The van der Waals surface area contributed by atoms with Crippen molar-refractivity contribution in [1.82, 2.24) is 0 Å². The monoisotopic (exact) mass is 174 g/mol. The summed E-state index contributed by atoms with van der Waals surface area (Å²) in [6, 6.07) is 0. The molecule has 1 N–H and O–H groups in total. The van der Waals surface area contributed by atoms with E-state index < -0.39 is 5.60 Å². The summed E-state index contributed by atoms with van der Waals surface area (Å²) in [5.74, 6) is 0. The molecule has 1 rings (SSSR count). The van der Waals surface area contributed by atoms with Crippen LogP contribution in [0.25, 0.3) is 0 Å². The maximum atomic E-state index is 9.85. The molecule has 1 aliphatic rings. The summed E-state index contributed by atoms with van der Waals surface area (Å²) in [4.78, 5) is 0. The second-order valence-corrected chi connectivity index (χ2v) is 3.43. The van der Waals surface area contributed by atoms with Crippen LogP contribution in [0.3, 0.4) is 0 Å². The second kappa shape index (κ2) is 4.80. The van der Waals surface area contributed by atoms with Gasteiger partial charge in [0.05, 0.1) is 13.2 Å². The van der Waals surface area contributed by atoms with Crippen molar-refractivity contribution in [3.05, 3.63) is 0 Å². The maximum absolute atomic E-state index is 9.85. The molecule has 0 bridgehead atoms. The minimum absolute atomic E-state index is 0.418. The highest BCUT2D eigenvalue weighted by Crippen LogP contribution is 2.18. The maximum Gasteiger partial charge on any atom is 0.111 e. The molecule has 0 aromatic heterocycles. The van der Waals surface area contributed by atoms with E-state index in [0.717, 1.165) is 32.5 Å². The third-order valence-corrected chi connectivity index (χ3v) is 2.02. The average molecular weight is 174 g/mol. The van der Waals surface area contributed by atoms with Crippen molar-refractivity contribution in [2.45, 2.75) is 31.8 Å². The van der Waals surface area contributed by atoms with Crippen LogP contribution in [0.5, 0.6) is 0 Å². The molecule has 72 valence electrons. The first-order valence-electron chi connectivity index (χ1n) is 4.65. The lowest BCUT2D eigenvalue weighted by atomic mass is 9.98. The molecular formula is C9H18O3. The predicted molar refractivity (Wildman–Crippen MR) is 46.1 cm³/mol. The minimum atomic E-state index is -0.715. The van der Waals surface area contributed by atoms with Gasteiger partial charge < -0.3 is 14.6 Å². The highest BCUT2D eigenvalue weighted by atomic mass is 16.5. The number of ether oxygens (including phenoxy) is 2. The van der Waals surface area contributed by atoms with Crippen molar-refractivity contribution in [3.63, 3.8) is 0 Å². The molecule has 1 saturated heterocycles. The van der Waals surface area contributed by atoms with Gasteiger partial charge >= 0.3 is 0 Å². The summed E-state index contributed by atoms with van der Waals surface area (Å²) in [6.45, 7) is 4.40. The van der Waals surface area contributed by atoms with E-state index in [1.165, 1.54) is 0 Å². The van der Waals surface area contributed by atoms with Gasteiger partial charge in [-0.25, -0.2) is 0 Å². The number of rotatable bonds is 4. The van der Waals surface area contributed by atoms with E-state index >= 15 is 0 Å². The lowest BCUT2D eigenvalue weighted by Gasteiger charge is -2.31. The summed E-state index contributed by atoms with van der Waals surface area (Å²) in [5, 5.41) is 9.85. The zero-order chi connectivity index (χ0) is 8.86. The number of hydrogen-bond acceptors (Lipinski definition) is 3. The Bertz CT molecular complexity index is 119. The first-order valence-corrected chi connectivity index (χ1v) is 4.65. The Hall–Kier alpha value is -0.120. The zero-order valence-corrected chi connectivity index (χ0v) is 7.71. The van der Waals surface area contributed by atoms with Crippen molar-refractivity contribution < 1.29 is 14.6 Å². The normalized spacial score (nSPS) is 30.5. The van der Waals surface area contributed by atoms with Crippen LogP contribution in [0.1, 0.15) is 26.2 Å². The van der Waals surface area contributed by atoms with Crippen molar-refractivity contribution >= 4 is 0 Å². The lowest BCUT2D eigenvalue weighted by Crippen LogP contribution is -2.42. The van der Waals surface area contributed by atoms with E-state index in [9.17, 15) is 5.11 Å². The van der Waals surface area contributed by atoms with Gasteiger partial charge in [-0.3, -0.25) is 0 Å². The van der Waals surface area contributed by atoms with E-state index in [1.54, 1.807) is 0 Å². The highest BCUT2D eigenvalue weighted by molar-refractivity contribution is 4.80. The molecule has 3 nitrogen and oxygen atoms in total. The number of hydrogen-bond donors (Lipinski definition) is 1. The van der Waals surface area contributed by atoms with Crippen LogP contribution in [-0.2, 0) is 9.47 Å². The van der Waals surface area contributed by atoms with Crippen LogP contribution in [0.2, 0.25) is 0 Å². The first kappa shape index (κ1) is 9.96. The van der Waals surface area contributed by atoms with Gasteiger partial charge in [-0.1, -0.05) is 6.92 Å². The predicted octanol–water partition coefficient (Wildman–Crippen LogP) is 0.954. The van der Waals surface area contributed by atoms with Crippen molar-refractivity contribution in [3.8, 4) is 0 Å². The molecular weight excluding hydrogens is 156 g/mol. The third kappa shape index (κ3) is 3.09. The lowest BCUT2D eigenvalue weighted by molar-refractivity contribution is -0.124. The standard InChI is InChI=1S/C9H18O3/c1-2-5-11-7-9(10)4-3-6-12-8-9/h10H,2-8H2,1H3. The molecule has 1 fully saturated rings. The smallest absolute Gasteiger partial charge is 0.111 e. The van der Waals surface area contributed by atoms with E-state index in [2.05, 4.69) is 6.92 Å². The second-order valence-electron chi connectivity index (χ2n) is 3.43. The van der Waals surface area contributed by atoms with E-state index in [1.807, 2.05) is 0 Å².